The molecular weight excluding hydrogens is 671 g/mol. The van der Waals surface area contributed by atoms with Crippen LogP contribution in [0.15, 0.2) is 60.7 Å². The highest BCUT2D eigenvalue weighted by molar-refractivity contribution is 5.91. The van der Waals surface area contributed by atoms with Crippen LogP contribution in [0.25, 0.3) is 11.1 Å². The molecule has 2 aliphatic rings. The third-order valence-corrected chi connectivity index (χ3v) is 8.48. The topological polar surface area (TPSA) is 59.1 Å². The second kappa shape index (κ2) is 13.1. The number of rotatable bonds is 6. The number of carbonyl (C=O) groups is 2. The van der Waals surface area contributed by atoms with Gasteiger partial charge in [0.2, 0.25) is 0 Å². The van der Waals surface area contributed by atoms with E-state index in [-0.39, 0.29) is 29.2 Å². The van der Waals surface area contributed by atoms with Crippen LogP contribution in [0.3, 0.4) is 0 Å². The second-order valence-corrected chi connectivity index (χ2v) is 12.3. The molecule has 2 atom stereocenters. The zero-order valence-electron chi connectivity index (χ0n) is 26.3. The van der Waals surface area contributed by atoms with Crippen LogP contribution < -0.4 is 4.90 Å². The van der Waals surface area contributed by atoms with E-state index in [1.807, 2.05) is 0 Å². The molecule has 1 fully saturated rings. The van der Waals surface area contributed by atoms with Gasteiger partial charge in [-0.25, -0.2) is 9.59 Å². The van der Waals surface area contributed by atoms with Crippen molar-refractivity contribution < 1.29 is 58.6 Å². The van der Waals surface area contributed by atoms with Crippen LogP contribution in [0.1, 0.15) is 67.0 Å². The maximum Gasteiger partial charge on any atom is 0.417 e. The van der Waals surface area contributed by atoms with Crippen LogP contribution in [0.5, 0.6) is 0 Å². The summed E-state index contributed by atoms with van der Waals surface area (Å²) in [6.45, 7) is 2.26. The Kier molecular flexibility index (Phi) is 9.60. The first-order valence-corrected chi connectivity index (χ1v) is 15.2. The number of alkyl halides is 9. The van der Waals surface area contributed by atoms with Gasteiger partial charge in [-0.2, -0.15) is 39.5 Å². The first-order valence-electron chi connectivity index (χ1n) is 15.2. The Morgan fingerprint density at radius 1 is 0.857 bits per heavy atom. The SMILES string of the molecule is COC(=O)N(Cc1cc(C(F)(F)F)c(-c2ccccc2)c(C(F)(F)F)c1)[C@@H]1C[C@H](C2CC2)N(C(=O)OC(C)C)c2ccc(C(F)(F)F)cc21. The summed E-state index contributed by atoms with van der Waals surface area (Å²) in [6, 6.07) is 7.64. The molecule has 5 rings (SSSR count). The third-order valence-electron chi connectivity index (χ3n) is 8.48. The molecule has 0 bridgehead atoms. The fourth-order valence-corrected chi connectivity index (χ4v) is 6.30. The maximum atomic E-state index is 14.5. The van der Waals surface area contributed by atoms with Crippen LogP contribution in [0, 0.1) is 5.92 Å². The molecule has 1 saturated carbocycles. The molecule has 1 heterocycles. The highest BCUT2D eigenvalue weighted by Crippen LogP contribution is 2.51. The third kappa shape index (κ3) is 7.59. The van der Waals surface area contributed by atoms with E-state index >= 15 is 0 Å². The average molecular weight is 703 g/mol. The van der Waals surface area contributed by atoms with Gasteiger partial charge in [0, 0.05) is 18.2 Å². The number of fused-ring (bicyclic) bond motifs is 1. The number of methoxy groups -OCH3 is 1. The molecule has 0 spiro atoms. The van der Waals surface area contributed by atoms with Gasteiger partial charge < -0.3 is 9.47 Å². The standard InChI is InChI=1S/C34H31F9N2O4/c1-18(2)49-31(47)45-26-12-11-22(32(35,36)37)15-23(26)28(16-27(45)20-9-10-20)44(30(46)48-3)17-19-13-24(33(38,39)40)29(21-7-5-4-6-8-21)25(14-19)34(41,42)43/h4-8,11-15,18,20,27-28H,9-10,16-17H2,1-3H3/t27-,28-/m1/s1. The van der Waals surface area contributed by atoms with Crippen molar-refractivity contribution in [2.45, 2.75) is 76.4 Å². The smallest absolute Gasteiger partial charge is 0.417 e. The van der Waals surface area contributed by atoms with E-state index < -0.39 is 83.3 Å². The monoisotopic (exact) mass is 702 g/mol. The average Bonchev–Trinajstić information content (AvgIpc) is 3.86. The Balaban J connectivity index is 1.70. The van der Waals surface area contributed by atoms with Crippen molar-refractivity contribution in [1.82, 2.24) is 4.90 Å². The maximum absolute atomic E-state index is 14.5. The van der Waals surface area contributed by atoms with Gasteiger partial charge in [0.15, 0.2) is 0 Å². The summed E-state index contributed by atoms with van der Waals surface area (Å²) in [6.07, 6.45) is -17.0. The van der Waals surface area contributed by atoms with Gasteiger partial charge in [-0.1, -0.05) is 30.3 Å². The van der Waals surface area contributed by atoms with Gasteiger partial charge in [-0.3, -0.25) is 9.80 Å². The van der Waals surface area contributed by atoms with Gasteiger partial charge >= 0.3 is 30.7 Å². The van der Waals surface area contributed by atoms with E-state index in [0.717, 1.165) is 42.3 Å². The number of nitrogens with zero attached hydrogens (tertiary/aromatic N) is 2. The second-order valence-electron chi connectivity index (χ2n) is 12.3. The molecule has 0 radical (unpaired) electrons. The molecule has 3 aromatic rings. The lowest BCUT2D eigenvalue weighted by Crippen LogP contribution is -2.50. The molecule has 49 heavy (non-hydrogen) atoms. The highest BCUT2D eigenvalue weighted by Gasteiger charge is 2.48. The van der Waals surface area contributed by atoms with Crippen molar-refractivity contribution in [2.24, 2.45) is 5.92 Å². The van der Waals surface area contributed by atoms with E-state index in [1.165, 1.54) is 23.1 Å². The minimum atomic E-state index is -5.27. The zero-order valence-corrected chi connectivity index (χ0v) is 26.3. The van der Waals surface area contributed by atoms with E-state index in [0.29, 0.717) is 25.0 Å². The van der Waals surface area contributed by atoms with Crippen molar-refractivity contribution in [3.8, 4) is 11.1 Å². The van der Waals surface area contributed by atoms with Gasteiger partial charge in [0.25, 0.3) is 0 Å². The molecule has 264 valence electrons. The number of hydrogen-bond acceptors (Lipinski definition) is 4. The Labute approximate surface area is 275 Å². The minimum Gasteiger partial charge on any atom is -0.453 e. The van der Waals surface area contributed by atoms with E-state index in [9.17, 15) is 49.1 Å². The summed E-state index contributed by atoms with van der Waals surface area (Å²) in [4.78, 5) is 28.7. The minimum absolute atomic E-state index is 0.0351. The normalized spacial score (nSPS) is 18.3. The van der Waals surface area contributed by atoms with E-state index in [2.05, 4.69) is 0 Å². The van der Waals surface area contributed by atoms with Crippen molar-refractivity contribution in [2.75, 3.05) is 12.0 Å². The summed E-state index contributed by atoms with van der Waals surface area (Å²) >= 11 is 0. The highest BCUT2D eigenvalue weighted by atomic mass is 19.4. The molecule has 6 nitrogen and oxygen atoms in total. The summed E-state index contributed by atoms with van der Waals surface area (Å²) in [5.41, 5.74) is -6.67. The lowest BCUT2D eigenvalue weighted by Gasteiger charge is -2.44. The van der Waals surface area contributed by atoms with Gasteiger partial charge in [0.1, 0.15) is 0 Å². The molecule has 0 aromatic heterocycles. The lowest BCUT2D eigenvalue weighted by molar-refractivity contribution is -0.142. The Morgan fingerprint density at radius 3 is 1.94 bits per heavy atom. The Hall–Kier alpha value is -4.43. The molecular formula is C34H31F9N2O4. The number of halogens is 9. The summed E-state index contributed by atoms with van der Waals surface area (Å²) in [5, 5.41) is 0. The van der Waals surface area contributed by atoms with Crippen LogP contribution in [0.4, 0.5) is 54.8 Å². The van der Waals surface area contributed by atoms with Crippen molar-refractivity contribution in [3.05, 3.63) is 88.5 Å². The van der Waals surface area contributed by atoms with Crippen molar-refractivity contribution in [3.63, 3.8) is 0 Å². The quantitative estimate of drug-likeness (QED) is 0.240. The summed E-state index contributed by atoms with van der Waals surface area (Å²) in [7, 11) is 0.927. The van der Waals surface area contributed by atoms with E-state index in [4.69, 9.17) is 9.47 Å². The first kappa shape index (κ1) is 35.9. The number of ether oxygens (including phenoxy) is 2. The molecule has 0 saturated heterocycles. The Morgan fingerprint density at radius 2 is 1.45 bits per heavy atom. The number of carbonyl (C=O) groups excluding carboxylic acids is 2. The predicted molar refractivity (Wildman–Crippen MR) is 159 cm³/mol. The summed E-state index contributed by atoms with van der Waals surface area (Å²) in [5.74, 6) is -0.157. The molecule has 1 aliphatic heterocycles. The van der Waals surface area contributed by atoms with Crippen LogP contribution >= 0.6 is 0 Å². The fourth-order valence-electron chi connectivity index (χ4n) is 6.30. The largest absolute Gasteiger partial charge is 0.453 e. The lowest BCUT2D eigenvalue weighted by atomic mass is 9.86. The van der Waals surface area contributed by atoms with Gasteiger partial charge in [-0.15, -0.1) is 0 Å². The summed E-state index contributed by atoms with van der Waals surface area (Å²) < 4.78 is 139. The molecule has 3 aromatic carbocycles. The fraction of sp³-hybridized carbons (Fsp3) is 0.412. The number of benzene rings is 3. The van der Waals surface area contributed by atoms with Crippen LogP contribution in [-0.4, -0.2) is 36.3 Å². The molecule has 1 aliphatic carbocycles. The number of anilines is 1. The van der Waals surface area contributed by atoms with E-state index in [1.54, 1.807) is 13.8 Å². The molecule has 0 N–H and O–H groups in total. The molecule has 15 heteroatoms. The van der Waals surface area contributed by atoms with Gasteiger partial charge in [0.05, 0.1) is 41.6 Å². The van der Waals surface area contributed by atoms with Crippen molar-refractivity contribution in [1.29, 1.82) is 0 Å². The Bertz CT molecular complexity index is 1670. The van der Waals surface area contributed by atoms with Crippen LogP contribution in [-0.2, 0) is 34.5 Å². The van der Waals surface area contributed by atoms with Crippen molar-refractivity contribution >= 4 is 17.9 Å². The zero-order chi connectivity index (χ0) is 36.1. The molecule has 0 unspecified atom stereocenters. The van der Waals surface area contributed by atoms with Crippen LogP contribution in [0.2, 0.25) is 0 Å². The first-order chi connectivity index (χ1) is 22.8. The number of amides is 2. The predicted octanol–water partition coefficient (Wildman–Crippen LogP) is 10.3. The number of hydrogen-bond donors (Lipinski definition) is 0. The van der Waals surface area contributed by atoms with Gasteiger partial charge in [-0.05, 0) is 86.1 Å². The molecule has 2 amide bonds.